The predicted molar refractivity (Wildman–Crippen MR) is 173 cm³/mol. The lowest BCUT2D eigenvalue weighted by atomic mass is 9.81. The lowest BCUT2D eigenvalue weighted by molar-refractivity contribution is -0.123. The molecule has 3 fully saturated rings. The van der Waals surface area contributed by atoms with E-state index in [9.17, 15) is 23.6 Å². The number of carbonyl (C=O) groups excluding carboxylic acids is 4. The summed E-state index contributed by atoms with van der Waals surface area (Å²) in [6.07, 6.45) is 1.84. The largest absolute Gasteiger partial charge is 0.450 e. The van der Waals surface area contributed by atoms with E-state index < -0.39 is 23.7 Å². The number of rotatable bonds is 8. The highest BCUT2D eigenvalue weighted by atomic mass is 35.5. The van der Waals surface area contributed by atoms with Crippen molar-refractivity contribution in [2.75, 3.05) is 10.8 Å². The van der Waals surface area contributed by atoms with Crippen molar-refractivity contribution in [1.29, 1.82) is 0 Å². The SMILES string of the molecule is Cc1c(Cl)ccc2c(C(=O)OC(CCCl)C(=O)c3ccc(F)cc3)cc(-c3ccc(N4C(=O)C5C6CCC(C6)C5C4=O)cc3)nc12. The number of hydrogen-bond acceptors (Lipinski definition) is 6. The van der Waals surface area contributed by atoms with Gasteiger partial charge in [0, 0.05) is 33.8 Å². The van der Waals surface area contributed by atoms with Crippen molar-refractivity contribution in [3.8, 4) is 11.3 Å². The van der Waals surface area contributed by atoms with Gasteiger partial charge in [-0.2, -0.15) is 0 Å². The summed E-state index contributed by atoms with van der Waals surface area (Å²) in [7, 11) is 0. The zero-order chi connectivity index (χ0) is 32.3. The highest BCUT2D eigenvalue weighted by molar-refractivity contribution is 6.32. The molecular formula is C36H29Cl2FN2O5. The fraction of sp³-hybridized carbons (Fsp3) is 0.306. The van der Waals surface area contributed by atoms with Gasteiger partial charge in [-0.1, -0.05) is 29.8 Å². The van der Waals surface area contributed by atoms with Crippen molar-refractivity contribution in [2.45, 2.75) is 38.7 Å². The van der Waals surface area contributed by atoms with Crippen LogP contribution in [0.25, 0.3) is 22.2 Å². The van der Waals surface area contributed by atoms with E-state index in [1.807, 2.05) is 0 Å². The lowest BCUT2D eigenvalue weighted by Crippen LogP contribution is -2.32. The van der Waals surface area contributed by atoms with Gasteiger partial charge >= 0.3 is 5.97 Å². The highest BCUT2D eigenvalue weighted by Crippen LogP contribution is 2.56. The van der Waals surface area contributed by atoms with Gasteiger partial charge in [-0.3, -0.25) is 19.3 Å². The lowest BCUT2D eigenvalue weighted by Gasteiger charge is -2.19. The first-order valence-electron chi connectivity index (χ1n) is 15.3. The molecule has 2 saturated carbocycles. The topological polar surface area (TPSA) is 93.6 Å². The molecule has 5 unspecified atom stereocenters. The molecule has 5 atom stereocenters. The Balaban J connectivity index is 1.21. The predicted octanol–water partition coefficient (Wildman–Crippen LogP) is 7.58. The monoisotopic (exact) mass is 658 g/mol. The first-order chi connectivity index (χ1) is 22.2. The van der Waals surface area contributed by atoms with Crippen molar-refractivity contribution in [3.63, 3.8) is 0 Å². The van der Waals surface area contributed by atoms with Crippen LogP contribution in [-0.2, 0) is 14.3 Å². The van der Waals surface area contributed by atoms with Crippen LogP contribution in [0.15, 0.2) is 66.7 Å². The van der Waals surface area contributed by atoms with E-state index >= 15 is 0 Å². The molecule has 3 aromatic carbocycles. The Hall–Kier alpha value is -4.14. The van der Waals surface area contributed by atoms with Crippen LogP contribution >= 0.6 is 23.2 Å². The van der Waals surface area contributed by atoms with Crippen LogP contribution in [0.3, 0.4) is 0 Å². The van der Waals surface area contributed by atoms with Crippen molar-refractivity contribution in [2.24, 2.45) is 23.7 Å². The number of benzene rings is 3. The van der Waals surface area contributed by atoms with Crippen molar-refractivity contribution >= 4 is 63.4 Å². The van der Waals surface area contributed by atoms with E-state index in [-0.39, 0.29) is 47.1 Å². The molecule has 1 aromatic heterocycles. The number of carbonyl (C=O) groups is 4. The summed E-state index contributed by atoms with van der Waals surface area (Å²) >= 11 is 12.4. The molecule has 0 N–H and O–H groups in total. The molecule has 1 aliphatic heterocycles. The number of nitrogens with zero attached hydrogens (tertiary/aromatic N) is 2. The summed E-state index contributed by atoms with van der Waals surface area (Å²) in [6.45, 7) is 1.79. The van der Waals surface area contributed by atoms with Gasteiger partial charge in [0.15, 0.2) is 6.10 Å². The fourth-order valence-corrected chi connectivity index (χ4v) is 7.85. The minimum Gasteiger partial charge on any atom is -0.450 e. The molecule has 0 radical (unpaired) electrons. The second kappa shape index (κ2) is 11.9. The Morgan fingerprint density at radius 1 is 0.978 bits per heavy atom. The molecule has 2 aliphatic carbocycles. The molecule has 234 valence electrons. The summed E-state index contributed by atoms with van der Waals surface area (Å²) in [6, 6.07) is 16.9. The molecule has 7 rings (SSSR count). The number of anilines is 1. The third-order valence-corrected chi connectivity index (χ3v) is 10.4. The maximum atomic E-state index is 13.7. The third kappa shape index (κ3) is 5.08. The number of alkyl halides is 1. The molecule has 46 heavy (non-hydrogen) atoms. The number of imide groups is 1. The normalized spacial score (nSPS) is 22.4. The van der Waals surface area contributed by atoms with Crippen LogP contribution in [0.5, 0.6) is 0 Å². The Morgan fingerprint density at radius 2 is 1.63 bits per heavy atom. The fourth-order valence-electron chi connectivity index (χ4n) is 7.50. The first-order valence-corrected chi connectivity index (χ1v) is 16.2. The minimum atomic E-state index is -1.19. The summed E-state index contributed by atoms with van der Waals surface area (Å²) in [5.41, 5.74) is 3.08. The number of aryl methyl sites for hydroxylation is 1. The van der Waals surface area contributed by atoms with Gasteiger partial charge in [0.25, 0.3) is 0 Å². The van der Waals surface area contributed by atoms with Crippen LogP contribution in [-0.4, -0.2) is 40.5 Å². The summed E-state index contributed by atoms with van der Waals surface area (Å²) in [4.78, 5) is 59.8. The van der Waals surface area contributed by atoms with Gasteiger partial charge in [-0.25, -0.2) is 14.2 Å². The maximum absolute atomic E-state index is 13.7. The molecule has 2 heterocycles. The second-order valence-electron chi connectivity index (χ2n) is 12.3. The van der Waals surface area contributed by atoms with Crippen LogP contribution in [0, 0.1) is 36.4 Å². The van der Waals surface area contributed by atoms with Crippen LogP contribution in [0.2, 0.25) is 5.02 Å². The maximum Gasteiger partial charge on any atom is 0.339 e. The first kappa shape index (κ1) is 30.5. The number of amides is 2. The average molecular weight is 660 g/mol. The Bertz CT molecular complexity index is 1880. The Morgan fingerprint density at radius 3 is 2.26 bits per heavy atom. The molecule has 4 aromatic rings. The summed E-state index contributed by atoms with van der Waals surface area (Å²) in [5, 5.41) is 0.949. The standard InChI is InChI=1S/C36H29Cl2FN2O5/c1-18-27(38)13-12-25-26(36(45)46-29(14-15-37)33(42)20-4-8-23(39)9-5-20)17-28(40-32(18)25)19-6-10-24(11-7-19)41-34(43)30-21-2-3-22(16-21)31(30)35(41)44/h4-13,17,21-22,29-31H,2-3,14-16H2,1H3. The van der Waals surface area contributed by atoms with E-state index in [0.29, 0.717) is 50.3 Å². The summed E-state index contributed by atoms with van der Waals surface area (Å²) in [5.74, 6) is -1.77. The van der Waals surface area contributed by atoms with E-state index in [1.54, 1.807) is 49.4 Å². The zero-order valence-corrected chi connectivity index (χ0v) is 26.4. The van der Waals surface area contributed by atoms with Gasteiger partial charge in [-0.05, 0) is 92.1 Å². The third-order valence-electron chi connectivity index (χ3n) is 9.78. The van der Waals surface area contributed by atoms with Gasteiger partial charge in [0.2, 0.25) is 17.6 Å². The van der Waals surface area contributed by atoms with Crippen molar-refractivity contribution < 1.29 is 28.3 Å². The molecule has 3 aliphatic rings. The number of halogens is 3. The number of ketones is 1. The molecule has 10 heteroatoms. The van der Waals surface area contributed by atoms with Gasteiger partial charge in [-0.15, -0.1) is 11.6 Å². The highest BCUT2D eigenvalue weighted by Gasteiger charge is 2.61. The Labute approximate surface area is 274 Å². The zero-order valence-electron chi connectivity index (χ0n) is 24.8. The molecule has 2 amide bonds. The molecule has 2 bridgehead atoms. The van der Waals surface area contributed by atoms with Crippen molar-refractivity contribution in [3.05, 3.63) is 94.3 Å². The van der Waals surface area contributed by atoms with Crippen LogP contribution < -0.4 is 4.90 Å². The smallest absolute Gasteiger partial charge is 0.339 e. The molecular weight excluding hydrogens is 630 g/mol. The van der Waals surface area contributed by atoms with E-state index in [4.69, 9.17) is 32.9 Å². The minimum absolute atomic E-state index is 0.0547. The number of esters is 1. The van der Waals surface area contributed by atoms with E-state index in [0.717, 1.165) is 31.4 Å². The number of aromatic nitrogens is 1. The summed E-state index contributed by atoms with van der Waals surface area (Å²) < 4.78 is 19.2. The van der Waals surface area contributed by atoms with Crippen molar-refractivity contribution in [1.82, 2.24) is 4.98 Å². The average Bonchev–Trinajstić information content (AvgIpc) is 3.75. The second-order valence-corrected chi connectivity index (χ2v) is 13.1. The van der Waals surface area contributed by atoms with Gasteiger partial charge < -0.3 is 4.74 Å². The number of ether oxygens (including phenoxy) is 1. The number of fused-ring (bicyclic) bond motifs is 6. The molecule has 7 nitrogen and oxygen atoms in total. The number of pyridine rings is 1. The van der Waals surface area contributed by atoms with E-state index in [1.165, 1.54) is 17.0 Å². The van der Waals surface area contributed by atoms with Crippen LogP contribution in [0.4, 0.5) is 10.1 Å². The van der Waals surface area contributed by atoms with Gasteiger partial charge in [0.1, 0.15) is 5.82 Å². The molecule has 0 spiro atoms. The van der Waals surface area contributed by atoms with E-state index in [2.05, 4.69) is 0 Å². The Kier molecular flexibility index (Phi) is 7.89. The van der Waals surface area contributed by atoms with Gasteiger partial charge in [0.05, 0.1) is 34.3 Å². The quantitative estimate of drug-likeness (QED) is 0.0839. The number of Topliss-reactive ketones (excluding diaryl/α,β-unsaturated/α-hetero) is 1. The van der Waals surface area contributed by atoms with Crippen LogP contribution in [0.1, 0.15) is 52.0 Å². The number of hydrogen-bond donors (Lipinski definition) is 0. The molecule has 1 saturated heterocycles.